The fourth-order valence-electron chi connectivity index (χ4n) is 3.81. The monoisotopic (exact) mass is 417 g/mol. The summed E-state index contributed by atoms with van der Waals surface area (Å²) in [6.07, 6.45) is 1.98. The van der Waals surface area contributed by atoms with Gasteiger partial charge in [0.25, 0.3) is 0 Å². The summed E-state index contributed by atoms with van der Waals surface area (Å²) in [6, 6.07) is 8.51. The third kappa shape index (κ3) is 5.86. The molecule has 1 N–H and O–H groups in total. The van der Waals surface area contributed by atoms with E-state index in [4.69, 9.17) is 11.3 Å². The predicted molar refractivity (Wildman–Crippen MR) is 97.8 cm³/mol. The zero-order valence-electron chi connectivity index (χ0n) is 15.7. The fraction of sp³-hybridized carbons (Fsp3) is 0.619. The maximum absolute atomic E-state index is 10.6. The molecule has 25 heavy (non-hydrogen) atoms. The Kier molecular flexibility index (Phi) is 9.26. The summed E-state index contributed by atoms with van der Waals surface area (Å²) in [6.45, 7) is 18.9. The number of benzene rings is 1. The SMILES string of the molecule is [C-]#[N+][C@@H]1C[C@@H](O)C(c2ccc(C(C)(C)C)cc2)C1CCCOC[CH2-].[Y]. The van der Waals surface area contributed by atoms with E-state index >= 15 is 0 Å². The molecule has 1 saturated carbocycles. The van der Waals surface area contributed by atoms with Crippen molar-refractivity contribution in [2.75, 3.05) is 13.2 Å². The minimum absolute atomic E-state index is 0. The molecule has 0 amide bonds. The summed E-state index contributed by atoms with van der Waals surface area (Å²) >= 11 is 0. The van der Waals surface area contributed by atoms with Crippen LogP contribution in [0.3, 0.4) is 0 Å². The van der Waals surface area contributed by atoms with Crippen LogP contribution in [0.2, 0.25) is 0 Å². The van der Waals surface area contributed by atoms with Crippen LogP contribution in [0.5, 0.6) is 0 Å². The fourth-order valence-corrected chi connectivity index (χ4v) is 3.81. The third-order valence-corrected chi connectivity index (χ3v) is 5.15. The summed E-state index contributed by atoms with van der Waals surface area (Å²) in [7, 11) is 0. The minimum Gasteiger partial charge on any atom is -0.413 e. The van der Waals surface area contributed by atoms with Crippen LogP contribution < -0.4 is 0 Å². The van der Waals surface area contributed by atoms with Crippen molar-refractivity contribution in [3.8, 4) is 0 Å². The van der Waals surface area contributed by atoms with Gasteiger partial charge in [-0.2, -0.15) is 0 Å². The van der Waals surface area contributed by atoms with Gasteiger partial charge in [-0.05, 0) is 29.4 Å². The van der Waals surface area contributed by atoms with Gasteiger partial charge < -0.3 is 21.6 Å². The molecule has 1 radical (unpaired) electrons. The Hall–Kier alpha value is -0.266. The molecule has 1 aliphatic rings. The number of aliphatic hydroxyl groups is 1. The second-order valence-electron chi connectivity index (χ2n) is 7.82. The number of hydrogen-bond donors (Lipinski definition) is 1. The van der Waals surface area contributed by atoms with Gasteiger partial charge in [-0.3, -0.25) is 0 Å². The van der Waals surface area contributed by atoms with Crippen molar-refractivity contribution in [3.63, 3.8) is 0 Å². The molecule has 1 aromatic rings. The largest absolute Gasteiger partial charge is 0.413 e. The maximum Gasteiger partial charge on any atom is 0.229 e. The number of nitrogens with zero attached hydrogens (tertiary/aromatic N) is 1. The van der Waals surface area contributed by atoms with Crippen molar-refractivity contribution in [1.29, 1.82) is 0 Å². The quantitative estimate of drug-likeness (QED) is 0.551. The summed E-state index contributed by atoms with van der Waals surface area (Å²) < 4.78 is 5.33. The normalized spacial score (nSPS) is 26.1. The predicted octanol–water partition coefficient (Wildman–Crippen LogP) is 4.36. The Morgan fingerprint density at radius 1 is 1.28 bits per heavy atom. The smallest absolute Gasteiger partial charge is 0.229 e. The molecular formula is C21H30NO2Y-. The van der Waals surface area contributed by atoms with Crippen LogP contribution in [-0.2, 0) is 42.9 Å². The molecule has 0 aliphatic heterocycles. The van der Waals surface area contributed by atoms with E-state index in [2.05, 4.69) is 56.8 Å². The first-order chi connectivity index (χ1) is 11.4. The van der Waals surface area contributed by atoms with Gasteiger partial charge in [0.1, 0.15) is 0 Å². The van der Waals surface area contributed by atoms with Gasteiger partial charge >= 0.3 is 0 Å². The van der Waals surface area contributed by atoms with E-state index in [1.165, 1.54) is 5.56 Å². The number of ether oxygens (including phenoxy) is 1. The molecule has 1 fully saturated rings. The maximum atomic E-state index is 10.6. The molecule has 0 saturated heterocycles. The molecule has 4 atom stereocenters. The van der Waals surface area contributed by atoms with Crippen molar-refractivity contribution in [1.82, 2.24) is 0 Å². The molecule has 0 bridgehead atoms. The van der Waals surface area contributed by atoms with E-state index in [1.54, 1.807) is 0 Å². The van der Waals surface area contributed by atoms with Crippen LogP contribution in [0.25, 0.3) is 4.85 Å². The Morgan fingerprint density at radius 3 is 2.44 bits per heavy atom. The molecular weight excluding hydrogens is 387 g/mol. The zero-order valence-corrected chi connectivity index (χ0v) is 18.6. The molecule has 4 heteroatoms. The zero-order chi connectivity index (χ0) is 17.7. The van der Waals surface area contributed by atoms with Crippen molar-refractivity contribution < 1.29 is 42.6 Å². The van der Waals surface area contributed by atoms with E-state index in [9.17, 15) is 5.11 Å². The third-order valence-electron chi connectivity index (χ3n) is 5.15. The summed E-state index contributed by atoms with van der Waals surface area (Å²) in [4.78, 5) is 3.79. The topological polar surface area (TPSA) is 33.8 Å². The standard InChI is InChI=1S/C21H30NO2.Y/c1-6-24-13-7-8-17-18(22-5)14-19(23)20(17)15-9-11-16(12-10-15)21(2,3)4;/h9-12,17-20,23H,1,6-8,13-14H2,2-4H3;/q-1;/t17?,18-,19-,20?;/m1./s1. The molecule has 0 spiro atoms. The summed E-state index contributed by atoms with van der Waals surface area (Å²) in [5.41, 5.74) is 2.57. The molecule has 0 aromatic heterocycles. The molecule has 135 valence electrons. The summed E-state index contributed by atoms with van der Waals surface area (Å²) in [5.74, 6) is 0.254. The second kappa shape index (κ2) is 10.2. The van der Waals surface area contributed by atoms with Gasteiger partial charge in [0, 0.05) is 57.6 Å². The minimum atomic E-state index is -0.427. The van der Waals surface area contributed by atoms with Crippen LogP contribution in [0.1, 0.15) is 57.1 Å². The number of rotatable bonds is 6. The van der Waals surface area contributed by atoms with Crippen LogP contribution in [0.4, 0.5) is 0 Å². The van der Waals surface area contributed by atoms with Crippen molar-refractivity contribution >= 4 is 0 Å². The van der Waals surface area contributed by atoms with Gasteiger partial charge in [-0.25, -0.2) is 6.57 Å². The average molecular weight is 417 g/mol. The van der Waals surface area contributed by atoms with E-state index in [-0.39, 0.29) is 56.0 Å². The molecule has 0 heterocycles. The Labute approximate surface area is 178 Å². The van der Waals surface area contributed by atoms with E-state index < -0.39 is 6.10 Å². The van der Waals surface area contributed by atoms with Gasteiger partial charge in [0.2, 0.25) is 6.04 Å². The van der Waals surface area contributed by atoms with Crippen molar-refractivity contribution in [2.45, 2.75) is 63.5 Å². The number of aliphatic hydroxyl groups excluding tert-OH is 1. The first-order valence-corrected chi connectivity index (χ1v) is 8.90. The Balaban J connectivity index is 0.00000312. The number of hydrogen-bond acceptors (Lipinski definition) is 2. The first-order valence-electron chi connectivity index (χ1n) is 8.90. The molecule has 2 unspecified atom stereocenters. The van der Waals surface area contributed by atoms with Gasteiger partial charge in [0.05, 0.1) is 6.10 Å². The van der Waals surface area contributed by atoms with Crippen molar-refractivity contribution in [3.05, 3.63) is 53.7 Å². The Morgan fingerprint density at radius 2 is 1.92 bits per heavy atom. The molecule has 1 aliphatic carbocycles. The van der Waals surface area contributed by atoms with Crippen LogP contribution in [-0.4, -0.2) is 30.5 Å². The van der Waals surface area contributed by atoms with E-state index in [0.717, 1.165) is 18.4 Å². The van der Waals surface area contributed by atoms with Crippen LogP contribution in [0.15, 0.2) is 24.3 Å². The van der Waals surface area contributed by atoms with E-state index in [1.807, 2.05) is 0 Å². The Bertz CT molecular complexity index is 559. The summed E-state index contributed by atoms with van der Waals surface area (Å²) in [5, 5.41) is 10.6. The molecule has 2 rings (SSSR count). The van der Waals surface area contributed by atoms with E-state index in [0.29, 0.717) is 19.6 Å². The van der Waals surface area contributed by atoms with Crippen LogP contribution >= 0.6 is 0 Å². The van der Waals surface area contributed by atoms with Crippen LogP contribution in [0, 0.1) is 19.4 Å². The van der Waals surface area contributed by atoms with Crippen molar-refractivity contribution in [2.24, 2.45) is 5.92 Å². The van der Waals surface area contributed by atoms with Gasteiger partial charge in [-0.1, -0.05) is 51.6 Å². The second-order valence-corrected chi connectivity index (χ2v) is 7.82. The van der Waals surface area contributed by atoms with Gasteiger partial charge in [-0.15, -0.1) is 0 Å². The van der Waals surface area contributed by atoms with Gasteiger partial charge in [0.15, 0.2) is 0 Å². The first kappa shape index (κ1) is 22.8. The average Bonchev–Trinajstić information content (AvgIpc) is 2.86. The molecule has 1 aromatic carbocycles. The molecule has 3 nitrogen and oxygen atoms in total.